The third-order valence-corrected chi connectivity index (χ3v) is 4.38. The molecule has 0 radical (unpaired) electrons. The molecule has 2 heterocycles. The summed E-state index contributed by atoms with van der Waals surface area (Å²) < 4.78 is 7.34. The smallest absolute Gasteiger partial charge is 0.411 e. The number of amides is 1. The molecule has 1 aromatic rings. The first-order chi connectivity index (χ1) is 11.2. The van der Waals surface area contributed by atoms with E-state index >= 15 is 0 Å². The molecular weight excluding hydrogens is 310 g/mol. The van der Waals surface area contributed by atoms with Crippen molar-refractivity contribution in [3.8, 4) is 0 Å². The highest BCUT2D eigenvalue weighted by molar-refractivity contribution is 5.81. The Labute approximate surface area is 141 Å². The molecule has 1 aliphatic carbocycles. The second-order valence-corrected chi connectivity index (χ2v) is 7.81. The van der Waals surface area contributed by atoms with Crippen LogP contribution in [0.1, 0.15) is 51.8 Å². The Morgan fingerprint density at radius 2 is 2.08 bits per heavy atom. The lowest BCUT2D eigenvalue weighted by molar-refractivity contribution is -0.142. The molecule has 1 saturated carbocycles. The Kier molecular flexibility index (Phi) is 4.27. The molecule has 3 rings (SSSR count). The van der Waals surface area contributed by atoms with Gasteiger partial charge in [0, 0.05) is 12.7 Å². The molecule has 0 bridgehead atoms. The van der Waals surface area contributed by atoms with Gasteiger partial charge in [0.05, 0.1) is 11.7 Å². The van der Waals surface area contributed by atoms with Crippen molar-refractivity contribution in [3.63, 3.8) is 0 Å². The van der Waals surface area contributed by atoms with Crippen LogP contribution in [0.15, 0.2) is 12.3 Å². The van der Waals surface area contributed by atoms with Gasteiger partial charge in [0.25, 0.3) is 0 Å². The molecule has 0 aromatic carbocycles. The Hall–Kier alpha value is -2.05. The molecule has 0 unspecified atom stereocenters. The van der Waals surface area contributed by atoms with Crippen LogP contribution in [-0.2, 0) is 16.0 Å². The summed E-state index contributed by atoms with van der Waals surface area (Å²) in [5.74, 6) is -0.895. The molecule has 132 valence electrons. The fourth-order valence-electron chi connectivity index (χ4n) is 3.15. The van der Waals surface area contributed by atoms with E-state index in [2.05, 4.69) is 5.10 Å². The van der Waals surface area contributed by atoms with E-state index in [1.807, 2.05) is 16.9 Å². The van der Waals surface area contributed by atoms with Gasteiger partial charge in [-0.25, -0.2) is 9.59 Å². The number of nitrogens with zero attached hydrogens (tertiary/aromatic N) is 3. The lowest BCUT2D eigenvalue weighted by atomic mass is 10.0. The van der Waals surface area contributed by atoms with Gasteiger partial charge in [-0.1, -0.05) is 0 Å². The number of carbonyl (C=O) groups is 2. The average Bonchev–Trinajstić information content (AvgIpc) is 3.05. The quantitative estimate of drug-likeness (QED) is 0.913. The lowest BCUT2D eigenvalue weighted by Crippen LogP contribution is -2.43. The standard InChI is InChI=1S/C17H25N3O4/c1-17(2,3)24-16(23)19-10-11(9-14(19)15(21)22)8-12-6-7-20(18-12)13-4-5-13/h6-7,11,13-14H,4-5,8-10H2,1-3H3,(H,21,22)/t11-,14+/m1/s1. The van der Waals surface area contributed by atoms with Crippen molar-refractivity contribution in [2.45, 2.75) is 64.1 Å². The molecule has 7 heteroatoms. The van der Waals surface area contributed by atoms with Crippen LogP contribution in [0.3, 0.4) is 0 Å². The highest BCUT2D eigenvalue weighted by atomic mass is 16.6. The molecule has 2 fully saturated rings. The highest BCUT2D eigenvalue weighted by Gasteiger charge is 2.41. The number of carboxylic acid groups (broad SMARTS) is 1. The maximum Gasteiger partial charge on any atom is 0.411 e. The number of ether oxygens (including phenoxy) is 1. The van der Waals surface area contributed by atoms with Gasteiger partial charge in [0.1, 0.15) is 11.6 Å². The van der Waals surface area contributed by atoms with Crippen molar-refractivity contribution in [1.29, 1.82) is 0 Å². The van der Waals surface area contributed by atoms with Crippen LogP contribution < -0.4 is 0 Å². The van der Waals surface area contributed by atoms with Gasteiger partial charge in [-0.05, 0) is 58.4 Å². The molecule has 1 saturated heterocycles. The number of likely N-dealkylation sites (tertiary alicyclic amines) is 1. The van der Waals surface area contributed by atoms with Gasteiger partial charge in [-0.15, -0.1) is 0 Å². The molecule has 1 N–H and O–H groups in total. The van der Waals surface area contributed by atoms with E-state index in [0.717, 1.165) is 5.69 Å². The minimum absolute atomic E-state index is 0.0844. The fourth-order valence-corrected chi connectivity index (χ4v) is 3.15. The van der Waals surface area contributed by atoms with Crippen molar-refractivity contribution in [2.24, 2.45) is 5.92 Å². The Balaban J connectivity index is 1.65. The highest BCUT2D eigenvalue weighted by Crippen LogP contribution is 2.34. The Morgan fingerprint density at radius 1 is 1.38 bits per heavy atom. The fraction of sp³-hybridized carbons (Fsp3) is 0.706. The van der Waals surface area contributed by atoms with Crippen LogP contribution in [-0.4, -0.2) is 50.0 Å². The van der Waals surface area contributed by atoms with Gasteiger partial charge in [-0.3, -0.25) is 9.58 Å². The SMILES string of the molecule is CC(C)(C)OC(=O)N1C[C@H](Cc2ccn(C3CC3)n2)C[C@H]1C(=O)O. The molecule has 7 nitrogen and oxygen atoms in total. The number of carbonyl (C=O) groups excluding carboxylic acids is 1. The van der Waals surface area contributed by atoms with E-state index in [-0.39, 0.29) is 5.92 Å². The minimum Gasteiger partial charge on any atom is -0.480 e. The van der Waals surface area contributed by atoms with Crippen molar-refractivity contribution in [3.05, 3.63) is 18.0 Å². The summed E-state index contributed by atoms with van der Waals surface area (Å²) in [6.45, 7) is 5.72. The van der Waals surface area contributed by atoms with E-state index in [4.69, 9.17) is 4.74 Å². The zero-order valence-electron chi connectivity index (χ0n) is 14.4. The van der Waals surface area contributed by atoms with Gasteiger partial charge in [0.2, 0.25) is 0 Å². The monoisotopic (exact) mass is 335 g/mol. The third kappa shape index (κ3) is 3.88. The second kappa shape index (κ2) is 6.11. The number of rotatable bonds is 4. The summed E-state index contributed by atoms with van der Waals surface area (Å²) in [6.07, 6.45) is 4.91. The molecule has 2 aliphatic rings. The first-order valence-corrected chi connectivity index (χ1v) is 8.49. The van der Waals surface area contributed by atoms with Crippen LogP contribution in [0.5, 0.6) is 0 Å². The van der Waals surface area contributed by atoms with Crippen molar-refractivity contribution >= 4 is 12.1 Å². The number of carboxylic acids is 1. The van der Waals surface area contributed by atoms with E-state index in [1.165, 1.54) is 17.7 Å². The summed E-state index contributed by atoms with van der Waals surface area (Å²) in [5, 5.41) is 14.0. The Morgan fingerprint density at radius 3 is 2.67 bits per heavy atom. The summed E-state index contributed by atoms with van der Waals surface area (Å²) in [7, 11) is 0. The first-order valence-electron chi connectivity index (χ1n) is 8.49. The number of aromatic nitrogens is 2. The molecular formula is C17H25N3O4. The molecule has 1 aliphatic heterocycles. The molecule has 2 atom stereocenters. The van der Waals surface area contributed by atoms with Gasteiger partial charge in [0.15, 0.2) is 0 Å². The number of hydrogen-bond donors (Lipinski definition) is 1. The topological polar surface area (TPSA) is 84.7 Å². The average molecular weight is 335 g/mol. The number of hydrogen-bond acceptors (Lipinski definition) is 4. The van der Waals surface area contributed by atoms with Crippen molar-refractivity contribution in [2.75, 3.05) is 6.54 Å². The molecule has 1 amide bonds. The van der Waals surface area contributed by atoms with Crippen LogP contribution in [0.4, 0.5) is 4.79 Å². The van der Waals surface area contributed by atoms with Gasteiger partial charge >= 0.3 is 12.1 Å². The Bertz CT molecular complexity index is 630. The maximum atomic E-state index is 12.3. The summed E-state index contributed by atoms with van der Waals surface area (Å²) in [4.78, 5) is 25.2. The zero-order valence-corrected chi connectivity index (χ0v) is 14.4. The largest absolute Gasteiger partial charge is 0.480 e. The van der Waals surface area contributed by atoms with E-state index < -0.39 is 23.7 Å². The van der Waals surface area contributed by atoms with Crippen LogP contribution in [0.25, 0.3) is 0 Å². The predicted molar refractivity (Wildman–Crippen MR) is 86.7 cm³/mol. The summed E-state index contributed by atoms with van der Waals surface area (Å²) >= 11 is 0. The third-order valence-electron chi connectivity index (χ3n) is 4.38. The van der Waals surface area contributed by atoms with E-state index in [9.17, 15) is 14.7 Å². The normalized spacial score (nSPS) is 24.2. The lowest BCUT2D eigenvalue weighted by Gasteiger charge is -2.26. The zero-order chi connectivity index (χ0) is 17.5. The number of aliphatic carboxylic acids is 1. The molecule has 0 spiro atoms. The molecule has 1 aromatic heterocycles. The van der Waals surface area contributed by atoms with Crippen molar-refractivity contribution < 1.29 is 19.4 Å². The van der Waals surface area contributed by atoms with Gasteiger partial charge < -0.3 is 9.84 Å². The van der Waals surface area contributed by atoms with Crippen LogP contribution in [0, 0.1) is 5.92 Å². The second-order valence-electron chi connectivity index (χ2n) is 7.81. The van der Waals surface area contributed by atoms with E-state index in [1.54, 1.807) is 20.8 Å². The minimum atomic E-state index is -0.980. The first kappa shape index (κ1) is 16.8. The predicted octanol–water partition coefficient (Wildman–Crippen LogP) is 2.47. The molecule has 24 heavy (non-hydrogen) atoms. The van der Waals surface area contributed by atoms with Gasteiger partial charge in [-0.2, -0.15) is 5.10 Å². The summed E-state index contributed by atoms with van der Waals surface area (Å²) in [5.41, 5.74) is 0.323. The van der Waals surface area contributed by atoms with Crippen LogP contribution in [0.2, 0.25) is 0 Å². The maximum absolute atomic E-state index is 12.3. The van der Waals surface area contributed by atoms with Crippen molar-refractivity contribution in [1.82, 2.24) is 14.7 Å². The van der Waals surface area contributed by atoms with Crippen LogP contribution >= 0.6 is 0 Å². The summed E-state index contributed by atoms with van der Waals surface area (Å²) in [6, 6.07) is 1.70. The van der Waals surface area contributed by atoms with E-state index in [0.29, 0.717) is 25.4 Å².